The number of hydrogen-bond donors (Lipinski definition) is 1. The molecule has 3 aromatic rings. The van der Waals surface area contributed by atoms with Crippen molar-refractivity contribution in [3.8, 4) is 0 Å². The minimum Gasteiger partial charge on any atom is -0.296 e. The number of rotatable bonds is 5. The second kappa shape index (κ2) is 7.52. The van der Waals surface area contributed by atoms with Crippen molar-refractivity contribution in [2.24, 2.45) is 0 Å². The first kappa shape index (κ1) is 16.6. The van der Waals surface area contributed by atoms with Crippen molar-refractivity contribution < 1.29 is 9.18 Å². The molecule has 0 aliphatic heterocycles. The summed E-state index contributed by atoms with van der Waals surface area (Å²) in [5.41, 5.74) is 1.00. The fourth-order valence-electron chi connectivity index (χ4n) is 1.64. The van der Waals surface area contributed by atoms with Crippen molar-refractivity contribution in [3.63, 3.8) is 0 Å². The summed E-state index contributed by atoms with van der Waals surface area (Å²) >= 11 is 7.49. The van der Waals surface area contributed by atoms with Crippen LogP contribution in [0.1, 0.15) is 15.2 Å². The third-order valence-corrected chi connectivity index (χ3v) is 6.37. The van der Waals surface area contributed by atoms with Crippen LogP contribution < -0.4 is 5.32 Å². The van der Waals surface area contributed by atoms with E-state index in [1.165, 1.54) is 46.6 Å². The lowest BCUT2D eigenvalue weighted by atomic mass is 10.2. The number of halogens is 2. The first-order valence-electron chi connectivity index (χ1n) is 6.37. The lowest BCUT2D eigenvalue weighted by molar-refractivity contribution is 0.103. The highest BCUT2D eigenvalue weighted by Crippen LogP contribution is 2.29. The Morgan fingerprint density at radius 3 is 2.65 bits per heavy atom. The maximum Gasteiger partial charge on any atom is 0.267 e. The Kier molecular flexibility index (Phi) is 5.42. The zero-order chi connectivity index (χ0) is 16.2. The Balaban J connectivity index is 1.57. The van der Waals surface area contributed by atoms with Crippen LogP contribution in [0.3, 0.4) is 0 Å². The Morgan fingerprint density at radius 1 is 1.17 bits per heavy atom. The average molecular weight is 430 g/mol. The summed E-state index contributed by atoms with van der Waals surface area (Å²) in [6.07, 6.45) is 0. The van der Waals surface area contributed by atoms with Gasteiger partial charge in [-0.25, -0.2) is 4.39 Å². The first-order valence-corrected chi connectivity index (χ1v) is 9.79. The second-order valence-corrected chi connectivity index (χ2v) is 9.01. The molecule has 0 atom stereocenters. The van der Waals surface area contributed by atoms with E-state index in [1.54, 1.807) is 18.2 Å². The van der Waals surface area contributed by atoms with Gasteiger partial charge in [0.05, 0.1) is 8.66 Å². The van der Waals surface area contributed by atoms with E-state index in [0.29, 0.717) is 15.8 Å². The molecule has 0 unspecified atom stereocenters. The molecule has 23 heavy (non-hydrogen) atoms. The molecule has 2 heterocycles. The third kappa shape index (κ3) is 4.60. The van der Waals surface area contributed by atoms with E-state index < -0.39 is 0 Å². The quantitative estimate of drug-likeness (QED) is 0.455. The van der Waals surface area contributed by atoms with Gasteiger partial charge in [-0.15, -0.1) is 21.5 Å². The Hall–Kier alpha value is -1.29. The smallest absolute Gasteiger partial charge is 0.267 e. The van der Waals surface area contributed by atoms with Crippen molar-refractivity contribution in [1.82, 2.24) is 10.2 Å². The topological polar surface area (TPSA) is 54.9 Å². The first-order chi connectivity index (χ1) is 11.1. The van der Waals surface area contributed by atoms with Gasteiger partial charge < -0.3 is 0 Å². The second-order valence-electron chi connectivity index (χ2n) is 4.35. The summed E-state index contributed by atoms with van der Waals surface area (Å²) in [5.74, 6) is 0.215. The number of benzene rings is 1. The maximum absolute atomic E-state index is 12.8. The van der Waals surface area contributed by atoms with Crippen LogP contribution >= 0.6 is 50.4 Å². The lowest BCUT2D eigenvalue weighted by Crippen LogP contribution is -2.09. The van der Waals surface area contributed by atoms with Gasteiger partial charge in [0.25, 0.3) is 5.91 Å². The molecule has 0 fully saturated rings. The maximum atomic E-state index is 12.8. The number of hydrogen-bond acceptors (Lipinski definition) is 6. The number of thioether (sulfide) groups is 1. The van der Waals surface area contributed by atoms with Crippen molar-refractivity contribution in [2.45, 2.75) is 10.1 Å². The van der Waals surface area contributed by atoms with Gasteiger partial charge in [0.15, 0.2) is 4.34 Å². The molecule has 0 saturated carbocycles. The zero-order valence-electron chi connectivity index (χ0n) is 11.5. The van der Waals surface area contributed by atoms with Gasteiger partial charge >= 0.3 is 0 Å². The van der Waals surface area contributed by atoms with Crippen LogP contribution in [0, 0.1) is 5.82 Å². The summed E-state index contributed by atoms with van der Waals surface area (Å²) in [5, 5.41) is 11.2. The van der Waals surface area contributed by atoms with E-state index in [2.05, 4.69) is 31.4 Å². The highest BCUT2D eigenvalue weighted by molar-refractivity contribution is 9.11. The number of carbonyl (C=O) groups is 1. The molecule has 0 bridgehead atoms. The summed E-state index contributed by atoms with van der Waals surface area (Å²) in [6.45, 7) is 0. The number of nitrogens with zero attached hydrogens (tertiary/aromatic N) is 2. The molecular weight excluding hydrogens is 421 g/mol. The van der Waals surface area contributed by atoms with Gasteiger partial charge in [0, 0.05) is 5.75 Å². The predicted octanol–water partition coefficient (Wildman–Crippen LogP) is 5.05. The van der Waals surface area contributed by atoms with Gasteiger partial charge in [-0.1, -0.05) is 35.2 Å². The van der Waals surface area contributed by atoms with E-state index in [4.69, 9.17) is 0 Å². The predicted molar refractivity (Wildman–Crippen MR) is 95.8 cm³/mol. The molecule has 2 aromatic heterocycles. The number of nitrogens with one attached hydrogen (secondary N) is 1. The van der Waals surface area contributed by atoms with Crippen LogP contribution in [0.15, 0.2) is 44.5 Å². The van der Waals surface area contributed by atoms with Crippen molar-refractivity contribution in [3.05, 3.63) is 56.4 Å². The van der Waals surface area contributed by atoms with E-state index in [0.717, 1.165) is 13.7 Å². The van der Waals surface area contributed by atoms with E-state index in [-0.39, 0.29) is 11.7 Å². The molecule has 3 rings (SSSR count). The zero-order valence-corrected chi connectivity index (χ0v) is 15.5. The minimum absolute atomic E-state index is 0.202. The SMILES string of the molecule is O=C(Nc1nnc(SCc2ccc(F)cc2)s1)c1ccc(Br)s1. The van der Waals surface area contributed by atoms with E-state index in [9.17, 15) is 9.18 Å². The van der Waals surface area contributed by atoms with Crippen LogP contribution in [0.4, 0.5) is 9.52 Å². The van der Waals surface area contributed by atoms with Gasteiger partial charge in [-0.2, -0.15) is 0 Å². The Bertz CT molecular complexity index is 819. The fourth-order valence-corrected chi connectivity index (χ4v) is 4.62. The lowest BCUT2D eigenvalue weighted by Gasteiger charge is -1.98. The molecule has 0 aliphatic rings. The monoisotopic (exact) mass is 429 g/mol. The average Bonchev–Trinajstić information content (AvgIpc) is 3.16. The molecule has 118 valence electrons. The Morgan fingerprint density at radius 2 is 1.96 bits per heavy atom. The molecule has 1 aromatic carbocycles. The summed E-state index contributed by atoms with van der Waals surface area (Å²) in [6, 6.07) is 9.90. The van der Waals surface area contributed by atoms with Crippen LogP contribution in [-0.4, -0.2) is 16.1 Å². The molecule has 9 heteroatoms. The summed E-state index contributed by atoms with van der Waals surface area (Å²) < 4.78 is 14.5. The molecule has 0 aliphatic carbocycles. The van der Waals surface area contributed by atoms with Gasteiger partial charge in [-0.3, -0.25) is 10.1 Å². The standard InChI is InChI=1S/C14H9BrFN3OS3/c15-11-6-5-10(22-11)12(20)17-13-18-19-14(23-13)21-7-8-1-3-9(16)4-2-8/h1-6H,7H2,(H,17,18,20). The normalized spacial score (nSPS) is 10.7. The van der Waals surface area contributed by atoms with Crippen molar-refractivity contribution in [2.75, 3.05) is 5.32 Å². The van der Waals surface area contributed by atoms with Crippen LogP contribution in [-0.2, 0) is 5.75 Å². The summed E-state index contributed by atoms with van der Waals surface area (Å²) in [4.78, 5) is 12.6. The van der Waals surface area contributed by atoms with Crippen LogP contribution in [0.25, 0.3) is 0 Å². The Labute approximate surface area is 152 Å². The number of carbonyl (C=O) groups excluding carboxylic acids is 1. The number of amides is 1. The molecule has 0 spiro atoms. The number of anilines is 1. The van der Waals surface area contributed by atoms with E-state index in [1.807, 2.05) is 6.07 Å². The molecule has 0 saturated heterocycles. The highest BCUT2D eigenvalue weighted by Gasteiger charge is 2.12. The van der Waals surface area contributed by atoms with Crippen LogP contribution in [0.2, 0.25) is 0 Å². The number of thiophene rings is 1. The third-order valence-electron chi connectivity index (χ3n) is 2.70. The van der Waals surface area contributed by atoms with Gasteiger partial charge in [0.2, 0.25) is 5.13 Å². The molecule has 4 nitrogen and oxygen atoms in total. The van der Waals surface area contributed by atoms with Gasteiger partial charge in [-0.05, 0) is 45.8 Å². The van der Waals surface area contributed by atoms with E-state index >= 15 is 0 Å². The highest BCUT2D eigenvalue weighted by atomic mass is 79.9. The molecule has 1 N–H and O–H groups in total. The van der Waals surface area contributed by atoms with Crippen molar-refractivity contribution in [1.29, 1.82) is 0 Å². The minimum atomic E-state index is -0.250. The molecular formula is C14H9BrFN3OS3. The molecule has 1 amide bonds. The fraction of sp³-hybridized carbons (Fsp3) is 0.0714. The van der Waals surface area contributed by atoms with Crippen LogP contribution in [0.5, 0.6) is 0 Å². The van der Waals surface area contributed by atoms with Gasteiger partial charge in [0.1, 0.15) is 5.82 Å². The summed E-state index contributed by atoms with van der Waals surface area (Å²) in [7, 11) is 0. The largest absolute Gasteiger partial charge is 0.296 e. The number of aromatic nitrogens is 2. The van der Waals surface area contributed by atoms with Crippen molar-refractivity contribution >= 4 is 61.4 Å². The molecule has 0 radical (unpaired) electrons.